The number of hydrogen-bond donors (Lipinski definition) is 1. The summed E-state index contributed by atoms with van der Waals surface area (Å²) >= 11 is 0. The lowest BCUT2D eigenvalue weighted by atomic mass is 10.0. The van der Waals surface area contributed by atoms with Crippen LogP contribution in [0.25, 0.3) is 0 Å². The van der Waals surface area contributed by atoms with Gasteiger partial charge >= 0.3 is 0 Å². The lowest BCUT2D eigenvalue weighted by Crippen LogP contribution is -2.28. The zero-order valence-corrected chi connectivity index (χ0v) is 17.9. The van der Waals surface area contributed by atoms with E-state index in [2.05, 4.69) is 10.4 Å². The first kappa shape index (κ1) is 20.2. The normalized spacial score (nSPS) is 16.2. The number of sulfone groups is 1. The molecular formula is C22H22FN3O3S. The van der Waals surface area contributed by atoms with Gasteiger partial charge in [-0.1, -0.05) is 18.2 Å². The lowest BCUT2D eigenvalue weighted by molar-refractivity contribution is 0.413. The van der Waals surface area contributed by atoms with Gasteiger partial charge in [0.1, 0.15) is 23.4 Å². The first-order chi connectivity index (χ1) is 14.2. The monoisotopic (exact) mass is 427 g/mol. The van der Waals surface area contributed by atoms with Crippen molar-refractivity contribution in [2.24, 2.45) is 0 Å². The zero-order valence-electron chi connectivity index (χ0n) is 17.1. The Morgan fingerprint density at radius 1 is 1.10 bits per heavy atom. The Kier molecular flexibility index (Phi) is 4.89. The first-order valence-corrected chi connectivity index (χ1v) is 10.9. The van der Waals surface area contributed by atoms with E-state index in [-0.39, 0.29) is 9.80 Å². The Balaban J connectivity index is 1.96. The van der Waals surface area contributed by atoms with Gasteiger partial charge < -0.3 is 10.1 Å². The van der Waals surface area contributed by atoms with Crippen LogP contribution in [0.1, 0.15) is 29.8 Å². The van der Waals surface area contributed by atoms with Gasteiger partial charge in [0.05, 0.1) is 22.6 Å². The van der Waals surface area contributed by atoms with Crippen LogP contribution >= 0.6 is 0 Å². The molecule has 8 heteroatoms. The molecule has 1 atom stereocenters. The topological polar surface area (TPSA) is 73.2 Å². The summed E-state index contributed by atoms with van der Waals surface area (Å²) in [4.78, 5) is 0.220. The molecule has 30 heavy (non-hydrogen) atoms. The van der Waals surface area contributed by atoms with Crippen molar-refractivity contribution in [3.8, 4) is 5.75 Å². The highest BCUT2D eigenvalue weighted by Gasteiger charge is 2.38. The van der Waals surface area contributed by atoms with Gasteiger partial charge in [-0.2, -0.15) is 5.10 Å². The van der Waals surface area contributed by atoms with Crippen molar-refractivity contribution in [3.05, 3.63) is 81.8 Å². The van der Waals surface area contributed by atoms with Crippen LogP contribution in [0.3, 0.4) is 0 Å². The maximum Gasteiger partial charge on any atom is 0.207 e. The number of rotatable bonds is 4. The number of ether oxygens (including phenoxy) is 1. The second-order valence-corrected chi connectivity index (χ2v) is 9.24. The molecule has 1 aromatic heterocycles. The number of aromatic nitrogens is 2. The van der Waals surface area contributed by atoms with E-state index in [1.807, 2.05) is 13.0 Å². The van der Waals surface area contributed by atoms with Gasteiger partial charge in [-0.05, 0) is 56.2 Å². The third-order valence-electron chi connectivity index (χ3n) is 5.19. The molecule has 1 aliphatic heterocycles. The predicted molar refractivity (Wildman–Crippen MR) is 113 cm³/mol. The van der Waals surface area contributed by atoms with E-state index < -0.39 is 21.7 Å². The molecular weight excluding hydrogens is 405 g/mol. The molecule has 6 nitrogen and oxygen atoms in total. The summed E-state index contributed by atoms with van der Waals surface area (Å²) in [5, 5.41) is 7.63. The van der Waals surface area contributed by atoms with Crippen LogP contribution in [0.2, 0.25) is 0 Å². The summed E-state index contributed by atoms with van der Waals surface area (Å²) in [7, 11) is -2.46. The number of anilines is 1. The molecule has 0 aliphatic carbocycles. The van der Waals surface area contributed by atoms with Crippen molar-refractivity contribution >= 4 is 15.7 Å². The molecule has 2 heterocycles. The zero-order chi connectivity index (χ0) is 21.6. The molecule has 0 bridgehead atoms. The second kappa shape index (κ2) is 7.28. The van der Waals surface area contributed by atoms with Gasteiger partial charge in [0, 0.05) is 11.8 Å². The smallest absolute Gasteiger partial charge is 0.207 e. The van der Waals surface area contributed by atoms with E-state index >= 15 is 0 Å². The average molecular weight is 428 g/mol. The van der Waals surface area contributed by atoms with Crippen LogP contribution in [-0.4, -0.2) is 25.3 Å². The molecule has 0 radical (unpaired) electrons. The summed E-state index contributed by atoms with van der Waals surface area (Å²) in [6.07, 6.45) is 0. The molecule has 156 valence electrons. The Labute approximate surface area is 174 Å². The fourth-order valence-corrected chi connectivity index (χ4v) is 5.46. The van der Waals surface area contributed by atoms with E-state index in [1.165, 1.54) is 25.3 Å². The van der Waals surface area contributed by atoms with Crippen molar-refractivity contribution in [1.82, 2.24) is 9.78 Å². The van der Waals surface area contributed by atoms with Crippen LogP contribution in [0, 0.1) is 19.7 Å². The van der Waals surface area contributed by atoms with E-state index in [9.17, 15) is 12.8 Å². The highest BCUT2D eigenvalue weighted by Crippen LogP contribution is 2.41. The van der Waals surface area contributed by atoms with E-state index in [4.69, 9.17) is 4.74 Å². The summed E-state index contributed by atoms with van der Waals surface area (Å²) in [6, 6.07) is 12.1. The quantitative estimate of drug-likeness (QED) is 0.669. The minimum atomic E-state index is -3.94. The standard InChI is InChI=1S/C22H22FN3O3S/c1-13-8-9-16(11-19(13)23)21-22(15(3)24-20-10-14(2)25-26(20)21)30(27,28)18-7-5-6-17(12-18)29-4/h5-12,21,24H,1-4H3. The molecule has 3 aromatic rings. The van der Waals surface area contributed by atoms with Gasteiger partial charge in [-0.3, -0.25) is 0 Å². The van der Waals surface area contributed by atoms with Gasteiger partial charge in [0.2, 0.25) is 9.84 Å². The minimum absolute atomic E-state index is 0.0999. The van der Waals surface area contributed by atoms with Crippen molar-refractivity contribution in [3.63, 3.8) is 0 Å². The van der Waals surface area contributed by atoms with Crippen LogP contribution in [0.5, 0.6) is 5.75 Å². The number of halogens is 1. The number of nitrogens with one attached hydrogen (secondary N) is 1. The van der Waals surface area contributed by atoms with Gasteiger partial charge in [0.25, 0.3) is 0 Å². The van der Waals surface area contributed by atoms with Crippen LogP contribution < -0.4 is 10.1 Å². The van der Waals surface area contributed by atoms with Crippen LogP contribution in [0.4, 0.5) is 10.2 Å². The molecule has 0 saturated carbocycles. The van der Waals surface area contributed by atoms with Crippen molar-refractivity contribution in [1.29, 1.82) is 0 Å². The van der Waals surface area contributed by atoms with E-state index in [1.54, 1.807) is 42.8 Å². The molecule has 0 saturated heterocycles. The molecule has 2 aromatic carbocycles. The molecule has 1 unspecified atom stereocenters. The molecule has 1 N–H and O–H groups in total. The van der Waals surface area contributed by atoms with Gasteiger partial charge in [0.15, 0.2) is 0 Å². The van der Waals surface area contributed by atoms with Crippen LogP contribution in [-0.2, 0) is 9.84 Å². The number of nitrogens with zero attached hydrogens (tertiary/aromatic N) is 2. The lowest BCUT2D eigenvalue weighted by Gasteiger charge is -2.30. The summed E-state index contributed by atoms with van der Waals surface area (Å²) in [5.74, 6) is 0.694. The summed E-state index contributed by atoms with van der Waals surface area (Å²) in [5.41, 5.74) is 2.19. The Hall–Kier alpha value is -3.13. The SMILES string of the molecule is COc1cccc(S(=O)(=O)C2=C(C)Nc3cc(C)nn3C2c2ccc(C)c(F)c2)c1. The molecule has 0 amide bonds. The summed E-state index contributed by atoms with van der Waals surface area (Å²) < 4.78 is 48.7. The molecule has 1 aliphatic rings. The fraction of sp³-hybridized carbons (Fsp3) is 0.227. The average Bonchev–Trinajstić information content (AvgIpc) is 3.08. The molecule has 0 spiro atoms. The maximum atomic E-state index is 14.4. The number of allylic oxidation sites excluding steroid dienone is 2. The highest BCUT2D eigenvalue weighted by atomic mass is 32.2. The predicted octanol–water partition coefficient (Wildman–Crippen LogP) is 4.37. The van der Waals surface area contributed by atoms with Gasteiger partial charge in [-0.25, -0.2) is 17.5 Å². The Morgan fingerprint density at radius 2 is 1.87 bits per heavy atom. The number of aryl methyl sites for hydroxylation is 2. The number of hydrogen-bond acceptors (Lipinski definition) is 5. The fourth-order valence-electron chi connectivity index (χ4n) is 3.69. The molecule has 0 fully saturated rings. The third kappa shape index (κ3) is 3.27. The van der Waals surface area contributed by atoms with E-state index in [0.717, 1.165) is 5.69 Å². The van der Waals surface area contributed by atoms with Crippen molar-refractivity contribution in [2.45, 2.75) is 31.7 Å². The van der Waals surface area contributed by atoms with Crippen molar-refractivity contribution < 1.29 is 17.5 Å². The van der Waals surface area contributed by atoms with E-state index in [0.29, 0.717) is 28.4 Å². The second-order valence-electron chi connectivity index (χ2n) is 7.32. The molecule has 4 rings (SSSR count). The summed E-state index contributed by atoms with van der Waals surface area (Å²) in [6.45, 7) is 5.20. The maximum absolute atomic E-state index is 14.4. The number of fused-ring (bicyclic) bond motifs is 1. The Morgan fingerprint density at radius 3 is 2.57 bits per heavy atom. The number of methoxy groups -OCH3 is 1. The number of benzene rings is 2. The highest BCUT2D eigenvalue weighted by molar-refractivity contribution is 7.95. The Bertz CT molecular complexity index is 1280. The largest absolute Gasteiger partial charge is 0.497 e. The van der Waals surface area contributed by atoms with Gasteiger partial charge in [-0.15, -0.1) is 0 Å². The first-order valence-electron chi connectivity index (χ1n) is 9.41. The third-order valence-corrected chi connectivity index (χ3v) is 7.17. The van der Waals surface area contributed by atoms with Crippen molar-refractivity contribution in [2.75, 3.05) is 12.4 Å². The minimum Gasteiger partial charge on any atom is -0.497 e. The van der Waals surface area contributed by atoms with Crippen LogP contribution in [0.15, 0.2) is 64.0 Å².